The largest absolute Gasteiger partial charge is 0.417 e. The minimum absolute atomic E-state index is 0.0451. The van der Waals surface area contributed by atoms with Crippen LogP contribution in [0.4, 0.5) is 39.5 Å². The Kier molecular flexibility index (Phi) is 5.50. The summed E-state index contributed by atoms with van der Waals surface area (Å²) in [5.41, 5.74) is -9.27. The summed E-state index contributed by atoms with van der Waals surface area (Å²) in [6.45, 7) is 4.37. The molecule has 0 amide bonds. The molecule has 0 saturated carbocycles. The summed E-state index contributed by atoms with van der Waals surface area (Å²) in [6, 6.07) is -0.760. The molecule has 10 heteroatoms. The van der Waals surface area contributed by atoms with Gasteiger partial charge in [0.1, 0.15) is 0 Å². The van der Waals surface area contributed by atoms with E-state index in [2.05, 4.69) is 5.32 Å². The maximum atomic E-state index is 13.4. The lowest BCUT2D eigenvalue weighted by atomic mass is 9.79. The molecule has 0 heterocycles. The van der Waals surface area contributed by atoms with Crippen LogP contribution in [0.5, 0.6) is 0 Å². The zero-order valence-electron chi connectivity index (χ0n) is 13.6. The molecule has 0 fully saturated rings. The number of halogens is 9. The summed E-state index contributed by atoms with van der Waals surface area (Å²) < 4.78 is 119. The third-order valence-corrected chi connectivity index (χ3v) is 3.58. The number of hydrogen-bond donors (Lipinski definition) is 1. The lowest BCUT2D eigenvalue weighted by Crippen LogP contribution is -2.34. The first kappa shape index (κ1) is 21.6. The van der Waals surface area contributed by atoms with Crippen molar-refractivity contribution in [2.24, 2.45) is 5.41 Å². The van der Waals surface area contributed by atoms with Crippen molar-refractivity contribution in [2.75, 3.05) is 7.05 Å². The zero-order valence-corrected chi connectivity index (χ0v) is 13.6. The number of hydrogen-bond acceptors (Lipinski definition) is 1. The highest BCUT2D eigenvalue weighted by Crippen LogP contribution is 2.50. The van der Waals surface area contributed by atoms with Gasteiger partial charge in [0.15, 0.2) is 0 Å². The van der Waals surface area contributed by atoms with Crippen LogP contribution in [0, 0.1) is 5.41 Å². The van der Waals surface area contributed by atoms with Gasteiger partial charge in [0.25, 0.3) is 0 Å². The first-order valence-corrected chi connectivity index (χ1v) is 6.98. The highest BCUT2D eigenvalue weighted by molar-refractivity contribution is 5.48. The predicted molar refractivity (Wildman–Crippen MR) is 72.7 cm³/mol. The van der Waals surface area contributed by atoms with Crippen molar-refractivity contribution in [1.82, 2.24) is 5.32 Å². The molecular weight excluding hydrogens is 365 g/mol. The molecule has 0 aliphatic rings. The van der Waals surface area contributed by atoms with Gasteiger partial charge < -0.3 is 5.32 Å². The molecule has 1 rings (SSSR count). The Hall–Kier alpha value is -1.45. The van der Waals surface area contributed by atoms with Crippen LogP contribution in [0.1, 0.15) is 49.1 Å². The molecule has 1 unspecified atom stereocenters. The molecule has 144 valence electrons. The first-order chi connectivity index (χ1) is 10.9. The van der Waals surface area contributed by atoms with Crippen LogP contribution >= 0.6 is 0 Å². The van der Waals surface area contributed by atoms with Crippen LogP contribution in [0.3, 0.4) is 0 Å². The molecule has 25 heavy (non-hydrogen) atoms. The summed E-state index contributed by atoms with van der Waals surface area (Å²) in [7, 11) is 1.22. The van der Waals surface area contributed by atoms with Crippen molar-refractivity contribution in [3.63, 3.8) is 0 Å². The van der Waals surface area contributed by atoms with E-state index in [-0.39, 0.29) is 6.07 Å². The summed E-state index contributed by atoms with van der Waals surface area (Å²) in [5, 5.41) is 2.46. The van der Waals surface area contributed by atoms with E-state index >= 15 is 0 Å². The third kappa shape index (κ3) is 4.59. The van der Waals surface area contributed by atoms with E-state index in [9.17, 15) is 39.5 Å². The lowest BCUT2D eigenvalue weighted by molar-refractivity contribution is -0.175. The van der Waals surface area contributed by atoms with Crippen molar-refractivity contribution < 1.29 is 39.5 Å². The van der Waals surface area contributed by atoms with E-state index in [1.807, 2.05) is 0 Å². The minimum atomic E-state index is -5.83. The molecule has 1 aromatic carbocycles. The predicted octanol–water partition coefficient (Wildman–Crippen LogP) is 6.05. The SMILES string of the molecule is CNC(c1ccc(C(F)(F)F)c(C(F)(F)F)c1C(F)(F)F)C(C)(C)C. The molecule has 1 atom stereocenters. The number of nitrogens with one attached hydrogen (secondary N) is 1. The minimum Gasteiger partial charge on any atom is -0.313 e. The smallest absolute Gasteiger partial charge is 0.313 e. The van der Waals surface area contributed by atoms with Crippen LogP contribution in [0.2, 0.25) is 0 Å². The fourth-order valence-electron chi connectivity index (χ4n) is 2.75. The number of benzene rings is 1. The van der Waals surface area contributed by atoms with Gasteiger partial charge in [0.05, 0.1) is 16.7 Å². The van der Waals surface area contributed by atoms with Crippen LogP contribution in [0.15, 0.2) is 12.1 Å². The molecule has 0 saturated heterocycles. The van der Waals surface area contributed by atoms with E-state index in [1.54, 1.807) is 0 Å². The van der Waals surface area contributed by atoms with Gasteiger partial charge in [0.2, 0.25) is 0 Å². The summed E-state index contributed by atoms with van der Waals surface area (Å²) in [4.78, 5) is 0. The topological polar surface area (TPSA) is 12.0 Å². The van der Waals surface area contributed by atoms with E-state index in [4.69, 9.17) is 0 Å². The van der Waals surface area contributed by atoms with Gasteiger partial charge >= 0.3 is 18.5 Å². The maximum Gasteiger partial charge on any atom is 0.417 e. The monoisotopic (exact) mass is 381 g/mol. The van der Waals surface area contributed by atoms with E-state index < -0.39 is 52.2 Å². The quantitative estimate of drug-likeness (QED) is 0.615. The van der Waals surface area contributed by atoms with Gasteiger partial charge in [-0.05, 0) is 24.1 Å². The van der Waals surface area contributed by atoms with Crippen LogP contribution in [-0.4, -0.2) is 7.05 Å². The van der Waals surface area contributed by atoms with Crippen molar-refractivity contribution in [3.05, 3.63) is 34.4 Å². The van der Waals surface area contributed by atoms with Gasteiger partial charge in [-0.15, -0.1) is 0 Å². The van der Waals surface area contributed by atoms with E-state index in [0.29, 0.717) is 6.07 Å². The number of alkyl halides is 9. The molecular formula is C15H16F9N. The molecule has 1 aromatic rings. The molecule has 1 nitrogen and oxygen atoms in total. The highest BCUT2D eigenvalue weighted by Gasteiger charge is 2.52. The van der Waals surface area contributed by atoms with Gasteiger partial charge in [-0.25, -0.2) is 0 Å². The first-order valence-electron chi connectivity index (χ1n) is 6.98. The Morgan fingerprint density at radius 3 is 1.44 bits per heavy atom. The van der Waals surface area contributed by atoms with Crippen LogP contribution in [0.25, 0.3) is 0 Å². The fraction of sp³-hybridized carbons (Fsp3) is 0.600. The Labute approximate surface area is 138 Å². The van der Waals surface area contributed by atoms with E-state index in [0.717, 1.165) is 0 Å². The van der Waals surface area contributed by atoms with Crippen molar-refractivity contribution >= 4 is 0 Å². The molecule has 0 aliphatic carbocycles. The molecule has 1 N–H and O–H groups in total. The van der Waals surface area contributed by atoms with Gasteiger partial charge in [-0.2, -0.15) is 39.5 Å². The van der Waals surface area contributed by atoms with Gasteiger partial charge in [-0.1, -0.05) is 26.8 Å². The van der Waals surface area contributed by atoms with E-state index in [1.165, 1.54) is 27.8 Å². The maximum absolute atomic E-state index is 13.4. The summed E-state index contributed by atoms with van der Waals surface area (Å²) >= 11 is 0. The zero-order chi connectivity index (χ0) is 20.0. The van der Waals surface area contributed by atoms with Crippen LogP contribution < -0.4 is 5.32 Å². The Bertz CT molecular complexity index is 618. The normalized spacial score (nSPS) is 15.4. The Morgan fingerprint density at radius 2 is 1.16 bits per heavy atom. The second kappa shape index (κ2) is 6.37. The number of rotatable bonds is 2. The molecule has 0 radical (unpaired) electrons. The highest BCUT2D eigenvalue weighted by atomic mass is 19.4. The van der Waals surface area contributed by atoms with Crippen LogP contribution in [-0.2, 0) is 18.5 Å². The van der Waals surface area contributed by atoms with Gasteiger partial charge in [-0.3, -0.25) is 0 Å². The fourth-order valence-corrected chi connectivity index (χ4v) is 2.75. The van der Waals surface area contributed by atoms with Crippen molar-refractivity contribution in [1.29, 1.82) is 0 Å². The average molecular weight is 381 g/mol. The van der Waals surface area contributed by atoms with Crippen molar-refractivity contribution in [2.45, 2.75) is 45.3 Å². The lowest BCUT2D eigenvalue weighted by Gasteiger charge is -2.34. The molecule has 0 bridgehead atoms. The molecule has 0 spiro atoms. The second-order valence-electron chi connectivity index (χ2n) is 6.53. The standard InChI is InChI=1S/C15H16F9N/c1-12(2,3)11(25-4)7-5-6-8(13(16,17)18)10(15(22,23)24)9(7)14(19,20)21/h5-6,11,25H,1-4H3. The molecule has 0 aromatic heterocycles. The second-order valence-corrected chi connectivity index (χ2v) is 6.53. The Balaban J connectivity index is 4.03. The third-order valence-electron chi connectivity index (χ3n) is 3.58. The van der Waals surface area contributed by atoms with Gasteiger partial charge in [0, 0.05) is 6.04 Å². The van der Waals surface area contributed by atoms with Crippen molar-refractivity contribution in [3.8, 4) is 0 Å². The summed E-state index contributed by atoms with van der Waals surface area (Å²) in [5.74, 6) is 0. The Morgan fingerprint density at radius 1 is 0.720 bits per heavy atom. The summed E-state index contributed by atoms with van der Waals surface area (Å²) in [6.07, 6.45) is -17.0. The average Bonchev–Trinajstić information content (AvgIpc) is 2.33. The molecule has 0 aliphatic heterocycles.